The van der Waals surface area contributed by atoms with E-state index in [9.17, 15) is 0 Å². The molecule has 7 heteroatoms. The van der Waals surface area contributed by atoms with Crippen LogP contribution >= 0.6 is 11.3 Å². The fourth-order valence-electron chi connectivity index (χ4n) is 9.84. The van der Waals surface area contributed by atoms with Crippen LogP contribution < -0.4 is 0 Å². The first-order valence-corrected chi connectivity index (χ1v) is 22.2. The van der Waals surface area contributed by atoms with Gasteiger partial charge in [0, 0.05) is 70.2 Å². The molecule has 5 heterocycles. The molecule has 9 aromatic carbocycles. The molecule has 0 saturated heterocycles. The fourth-order valence-corrected chi connectivity index (χ4v) is 11.1. The summed E-state index contributed by atoms with van der Waals surface area (Å²) in [6.07, 6.45) is 0. The molecule has 14 rings (SSSR count). The largest absolute Gasteiger partial charge is 0.456 e. The van der Waals surface area contributed by atoms with Gasteiger partial charge in [0.1, 0.15) is 22.3 Å². The highest BCUT2D eigenvalue weighted by molar-refractivity contribution is 7.26. The van der Waals surface area contributed by atoms with Crippen molar-refractivity contribution in [2.75, 3.05) is 0 Å². The van der Waals surface area contributed by atoms with Crippen molar-refractivity contribution in [2.45, 2.75) is 0 Å². The van der Waals surface area contributed by atoms with Crippen molar-refractivity contribution in [1.82, 2.24) is 19.5 Å². The normalized spacial score (nSPS) is 12.1. The molecule has 64 heavy (non-hydrogen) atoms. The van der Waals surface area contributed by atoms with Crippen LogP contribution in [0.2, 0.25) is 0 Å². The van der Waals surface area contributed by atoms with Gasteiger partial charge in [-0.1, -0.05) is 140 Å². The number of para-hydroxylation sites is 3. The van der Waals surface area contributed by atoms with Gasteiger partial charge in [-0.2, -0.15) is 0 Å². The van der Waals surface area contributed by atoms with Crippen LogP contribution in [0.25, 0.3) is 137 Å². The molecule has 0 atom stereocenters. The Morgan fingerprint density at radius 3 is 1.70 bits per heavy atom. The van der Waals surface area contributed by atoms with Crippen LogP contribution in [0.1, 0.15) is 0 Å². The summed E-state index contributed by atoms with van der Waals surface area (Å²) >= 11 is 1.85. The van der Waals surface area contributed by atoms with Gasteiger partial charge in [-0.3, -0.25) is 0 Å². The minimum atomic E-state index is 0.564. The Balaban J connectivity index is 1.10. The summed E-state index contributed by atoms with van der Waals surface area (Å²) in [5, 5.41) is 9.03. The Morgan fingerprint density at radius 1 is 0.375 bits per heavy atom. The molecule has 0 aliphatic heterocycles. The lowest BCUT2D eigenvalue weighted by Gasteiger charge is -2.15. The van der Waals surface area contributed by atoms with Crippen molar-refractivity contribution in [1.29, 1.82) is 0 Å². The zero-order valence-corrected chi connectivity index (χ0v) is 34.8. The third-order valence-electron chi connectivity index (χ3n) is 12.6. The standard InChI is InChI=1S/C57H32N4O2S/c1-2-14-33(15-3-1)55-58-56(60-57(59-55)44-21-13-26-49-52(44)43-19-6-10-24-47(43)63-49)35-30-34(37-20-12-25-48-51(37)42-18-5-9-23-46(42)62-48)31-36(32-35)61-45-22-8-4-16-38(45)40-28-29-41-39-17-7-11-27-50(39)64-54(41)53(40)61/h1-32H. The average Bonchev–Trinajstić information content (AvgIpc) is 4.13. The van der Waals surface area contributed by atoms with Gasteiger partial charge in [-0.15, -0.1) is 11.3 Å². The molecular weight excluding hydrogens is 805 g/mol. The van der Waals surface area contributed by atoms with Crippen molar-refractivity contribution < 1.29 is 8.83 Å². The summed E-state index contributed by atoms with van der Waals surface area (Å²) in [4.78, 5) is 15.9. The lowest BCUT2D eigenvalue weighted by atomic mass is 9.96. The van der Waals surface area contributed by atoms with Crippen molar-refractivity contribution in [3.05, 3.63) is 194 Å². The number of nitrogens with zero attached hydrogens (tertiary/aromatic N) is 4. The topological polar surface area (TPSA) is 69.9 Å². The van der Waals surface area contributed by atoms with Gasteiger partial charge >= 0.3 is 0 Å². The summed E-state index contributed by atoms with van der Waals surface area (Å²) in [7, 11) is 0. The zero-order chi connectivity index (χ0) is 41.9. The first-order chi connectivity index (χ1) is 31.7. The molecule has 0 unspecified atom stereocenters. The van der Waals surface area contributed by atoms with E-state index in [4.69, 9.17) is 23.8 Å². The summed E-state index contributed by atoms with van der Waals surface area (Å²) in [6, 6.07) is 67.9. The van der Waals surface area contributed by atoms with E-state index in [-0.39, 0.29) is 0 Å². The van der Waals surface area contributed by atoms with Crippen LogP contribution in [0.4, 0.5) is 0 Å². The molecule has 0 N–H and O–H groups in total. The lowest BCUT2D eigenvalue weighted by Crippen LogP contribution is -2.02. The first kappa shape index (κ1) is 35.2. The van der Waals surface area contributed by atoms with Gasteiger partial charge in [0.05, 0.1) is 15.7 Å². The molecule has 0 aliphatic carbocycles. The molecule has 0 aliphatic rings. The van der Waals surface area contributed by atoms with Crippen LogP contribution in [-0.4, -0.2) is 19.5 Å². The smallest absolute Gasteiger partial charge is 0.164 e. The van der Waals surface area contributed by atoms with Gasteiger partial charge in [0.15, 0.2) is 17.5 Å². The van der Waals surface area contributed by atoms with Crippen molar-refractivity contribution in [3.8, 4) is 51.0 Å². The second-order valence-corrected chi connectivity index (χ2v) is 17.3. The Labute approximate surface area is 368 Å². The number of rotatable bonds is 5. The number of hydrogen-bond acceptors (Lipinski definition) is 6. The van der Waals surface area contributed by atoms with Crippen LogP contribution in [0.15, 0.2) is 203 Å². The van der Waals surface area contributed by atoms with E-state index in [0.29, 0.717) is 17.5 Å². The van der Waals surface area contributed by atoms with Crippen LogP contribution in [0.3, 0.4) is 0 Å². The first-order valence-electron chi connectivity index (χ1n) is 21.3. The molecular formula is C57H32N4O2S. The van der Waals surface area contributed by atoms with Gasteiger partial charge < -0.3 is 13.4 Å². The predicted octanol–water partition coefficient (Wildman–Crippen LogP) is 15.8. The van der Waals surface area contributed by atoms with E-state index in [0.717, 1.165) is 82.9 Å². The summed E-state index contributed by atoms with van der Waals surface area (Å²) in [5.41, 5.74) is 11.3. The second-order valence-electron chi connectivity index (χ2n) is 16.3. The van der Waals surface area contributed by atoms with Crippen LogP contribution in [-0.2, 0) is 0 Å². The maximum atomic E-state index is 6.47. The third-order valence-corrected chi connectivity index (χ3v) is 13.8. The van der Waals surface area contributed by atoms with E-state index < -0.39 is 0 Å². The number of aromatic nitrogens is 4. The van der Waals surface area contributed by atoms with Gasteiger partial charge in [0.25, 0.3) is 0 Å². The Morgan fingerprint density at radius 2 is 0.938 bits per heavy atom. The van der Waals surface area contributed by atoms with Crippen LogP contribution in [0, 0.1) is 0 Å². The molecule has 0 amide bonds. The summed E-state index contributed by atoms with van der Waals surface area (Å²) < 4.78 is 17.8. The molecule has 298 valence electrons. The average molecular weight is 837 g/mol. The maximum absolute atomic E-state index is 6.47. The quantitative estimate of drug-likeness (QED) is 0.173. The van der Waals surface area contributed by atoms with Gasteiger partial charge in [-0.25, -0.2) is 15.0 Å². The van der Waals surface area contributed by atoms with E-state index >= 15 is 0 Å². The molecule has 0 bridgehead atoms. The molecule has 14 aromatic rings. The second kappa shape index (κ2) is 13.6. The highest BCUT2D eigenvalue weighted by Crippen LogP contribution is 2.45. The molecule has 5 aromatic heterocycles. The number of hydrogen-bond donors (Lipinski definition) is 0. The predicted molar refractivity (Wildman–Crippen MR) is 263 cm³/mol. The number of thiophene rings is 1. The monoisotopic (exact) mass is 836 g/mol. The Hall–Kier alpha value is -8.39. The van der Waals surface area contributed by atoms with Gasteiger partial charge in [-0.05, 0) is 65.7 Å². The molecule has 6 nitrogen and oxygen atoms in total. The van der Waals surface area contributed by atoms with E-state index in [1.165, 1.54) is 36.5 Å². The Kier molecular flexibility index (Phi) is 7.46. The maximum Gasteiger partial charge on any atom is 0.164 e. The lowest BCUT2D eigenvalue weighted by molar-refractivity contribution is 0.668. The number of fused-ring (bicyclic) bond motifs is 13. The number of benzene rings is 9. The van der Waals surface area contributed by atoms with Crippen LogP contribution in [0.5, 0.6) is 0 Å². The van der Waals surface area contributed by atoms with E-state index in [2.05, 4.69) is 138 Å². The molecule has 0 radical (unpaired) electrons. The SMILES string of the molecule is c1ccc(-c2nc(-c3cc(-c4cccc5oc6ccccc6c45)cc(-n4c5ccccc5c5ccc6c7ccccc7sc6c54)c3)nc(-c3cccc4oc5ccccc5c34)n2)cc1. The van der Waals surface area contributed by atoms with Crippen molar-refractivity contribution >= 4 is 97.2 Å². The van der Waals surface area contributed by atoms with Crippen molar-refractivity contribution in [3.63, 3.8) is 0 Å². The molecule has 0 saturated carbocycles. The zero-order valence-electron chi connectivity index (χ0n) is 34.0. The molecule has 0 fully saturated rings. The summed E-state index contributed by atoms with van der Waals surface area (Å²) in [5.74, 6) is 1.72. The van der Waals surface area contributed by atoms with E-state index in [1.54, 1.807) is 0 Å². The van der Waals surface area contributed by atoms with E-state index in [1.807, 2.05) is 72.0 Å². The highest BCUT2D eigenvalue weighted by Gasteiger charge is 2.23. The minimum absolute atomic E-state index is 0.564. The highest BCUT2D eigenvalue weighted by atomic mass is 32.1. The van der Waals surface area contributed by atoms with Gasteiger partial charge in [0.2, 0.25) is 0 Å². The summed E-state index contributed by atoms with van der Waals surface area (Å²) in [6.45, 7) is 0. The Bertz CT molecular complexity index is 4210. The number of furan rings is 2. The minimum Gasteiger partial charge on any atom is -0.456 e. The fraction of sp³-hybridized carbons (Fsp3) is 0. The molecule has 0 spiro atoms. The van der Waals surface area contributed by atoms with Crippen molar-refractivity contribution in [2.24, 2.45) is 0 Å². The third kappa shape index (κ3) is 5.22.